The molecule has 8 aromatic rings. The lowest BCUT2D eigenvalue weighted by Crippen LogP contribution is -2.10. The Morgan fingerprint density at radius 2 is 0.833 bits per heavy atom. The van der Waals surface area contributed by atoms with Gasteiger partial charge in [-0.15, -0.1) is 0 Å². The van der Waals surface area contributed by atoms with Crippen LogP contribution in [-0.2, 0) is 6.42 Å². The van der Waals surface area contributed by atoms with Crippen LogP contribution in [0.3, 0.4) is 0 Å². The number of benzene rings is 8. The van der Waals surface area contributed by atoms with Gasteiger partial charge in [-0.2, -0.15) is 0 Å². The van der Waals surface area contributed by atoms with Crippen molar-refractivity contribution in [2.75, 3.05) is 4.90 Å². The van der Waals surface area contributed by atoms with Crippen LogP contribution in [0.15, 0.2) is 206 Å². The maximum atomic E-state index is 2.37. The molecule has 0 spiro atoms. The average Bonchev–Trinajstić information content (AvgIpc) is 3.25. The molecule has 0 amide bonds. The molecule has 0 aliphatic heterocycles. The molecule has 8 aromatic carbocycles. The molecule has 0 saturated heterocycles. The van der Waals surface area contributed by atoms with Crippen LogP contribution in [0.5, 0.6) is 0 Å². The monoisotopic (exact) mass is 693 g/mol. The van der Waals surface area contributed by atoms with E-state index in [1.54, 1.807) is 0 Å². The third kappa shape index (κ3) is 7.18. The van der Waals surface area contributed by atoms with E-state index in [9.17, 15) is 0 Å². The van der Waals surface area contributed by atoms with E-state index >= 15 is 0 Å². The first kappa shape index (κ1) is 34.4. The van der Waals surface area contributed by atoms with Crippen LogP contribution >= 0.6 is 0 Å². The molecule has 0 heterocycles. The zero-order chi connectivity index (χ0) is 36.7. The maximum absolute atomic E-state index is 2.37. The summed E-state index contributed by atoms with van der Waals surface area (Å²) in [5.74, 6) is 0. The van der Waals surface area contributed by atoms with E-state index in [1.807, 2.05) is 0 Å². The molecule has 0 saturated carbocycles. The molecule has 8 rings (SSSR count). The van der Waals surface area contributed by atoms with Crippen molar-refractivity contribution < 1.29 is 0 Å². The molecule has 0 atom stereocenters. The van der Waals surface area contributed by atoms with Gasteiger partial charge >= 0.3 is 0 Å². The first-order chi connectivity index (χ1) is 26.7. The highest BCUT2D eigenvalue weighted by molar-refractivity contribution is 5.91. The van der Waals surface area contributed by atoms with Crippen LogP contribution < -0.4 is 4.90 Å². The van der Waals surface area contributed by atoms with Crippen LogP contribution in [0, 0.1) is 0 Å². The molecule has 260 valence electrons. The summed E-state index contributed by atoms with van der Waals surface area (Å²) < 4.78 is 0. The van der Waals surface area contributed by atoms with E-state index in [0.717, 1.165) is 23.5 Å². The van der Waals surface area contributed by atoms with Crippen molar-refractivity contribution in [3.63, 3.8) is 0 Å². The van der Waals surface area contributed by atoms with E-state index in [-0.39, 0.29) is 0 Å². The lowest BCUT2D eigenvalue weighted by Gasteiger charge is -2.27. The highest BCUT2D eigenvalue weighted by Crippen LogP contribution is 2.42. The number of nitrogens with zero attached hydrogens (tertiary/aromatic N) is 1. The molecule has 0 fully saturated rings. The molecule has 0 aliphatic carbocycles. The Balaban J connectivity index is 1.26. The van der Waals surface area contributed by atoms with Crippen LogP contribution in [0.2, 0.25) is 0 Å². The van der Waals surface area contributed by atoms with Gasteiger partial charge in [0.15, 0.2) is 0 Å². The minimum Gasteiger partial charge on any atom is -0.310 e. The first-order valence-corrected chi connectivity index (χ1v) is 18.9. The van der Waals surface area contributed by atoms with E-state index < -0.39 is 0 Å². The zero-order valence-electron chi connectivity index (χ0n) is 30.9. The van der Waals surface area contributed by atoms with Crippen molar-refractivity contribution in [1.82, 2.24) is 0 Å². The van der Waals surface area contributed by atoms with E-state index in [2.05, 4.69) is 231 Å². The van der Waals surface area contributed by atoms with Gasteiger partial charge in [-0.25, -0.2) is 0 Å². The molecule has 54 heavy (non-hydrogen) atoms. The fourth-order valence-corrected chi connectivity index (χ4v) is 7.48. The third-order valence-electron chi connectivity index (χ3n) is 10.2. The van der Waals surface area contributed by atoms with Gasteiger partial charge in [0.2, 0.25) is 0 Å². The topological polar surface area (TPSA) is 3.24 Å². The number of hydrogen-bond donors (Lipinski definition) is 0. The summed E-state index contributed by atoms with van der Waals surface area (Å²) in [4.78, 5) is 2.37. The van der Waals surface area contributed by atoms with Gasteiger partial charge in [-0.05, 0) is 123 Å². The quantitative estimate of drug-likeness (QED) is 0.138. The van der Waals surface area contributed by atoms with Crippen molar-refractivity contribution in [3.05, 3.63) is 217 Å². The van der Waals surface area contributed by atoms with Crippen molar-refractivity contribution in [3.8, 4) is 55.6 Å². The van der Waals surface area contributed by atoms with E-state index in [4.69, 9.17) is 0 Å². The van der Waals surface area contributed by atoms with E-state index in [0.29, 0.717) is 0 Å². The number of rotatable bonds is 10. The van der Waals surface area contributed by atoms with Gasteiger partial charge < -0.3 is 4.90 Å². The average molecular weight is 694 g/mol. The number of allylic oxidation sites excluding steroid dienone is 1. The van der Waals surface area contributed by atoms with Gasteiger partial charge in [-0.3, -0.25) is 0 Å². The van der Waals surface area contributed by atoms with E-state index in [1.165, 1.54) is 66.8 Å². The van der Waals surface area contributed by atoms with Gasteiger partial charge in [0.25, 0.3) is 0 Å². The lowest BCUT2D eigenvalue weighted by molar-refractivity contribution is 1.13. The van der Waals surface area contributed by atoms with Crippen LogP contribution in [0.1, 0.15) is 25.0 Å². The lowest BCUT2D eigenvalue weighted by atomic mass is 9.89. The normalized spacial score (nSPS) is 11.1. The summed E-state index contributed by atoms with van der Waals surface area (Å²) >= 11 is 0. The summed E-state index contributed by atoms with van der Waals surface area (Å²) in [6.45, 7) is 4.33. The predicted molar refractivity (Wildman–Crippen MR) is 232 cm³/mol. The molecular formula is C53H43N. The van der Waals surface area contributed by atoms with Crippen LogP contribution in [-0.4, -0.2) is 0 Å². The number of anilines is 3. The predicted octanol–water partition coefficient (Wildman–Crippen LogP) is 15.1. The summed E-state index contributed by atoms with van der Waals surface area (Å²) in [6.07, 6.45) is 5.38. The SMILES string of the molecule is C/C=C\c1c(CC)cccc1-c1cccc(-c2ccc(N(c3ccc(-c4ccccc4)cc3)c3ccc(-c4ccccc4)cc3)cc2-c2ccccc2)c1. The van der Waals surface area contributed by atoms with Gasteiger partial charge in [0.05, 0.1) is 0 Å². The Morgan fingerprint density at radius 1 is 0.370 bits per heavy atom. The molecule has 1 heteroatoms. The highest BCUT2D eigenvalue weighted by atomic mass is 15.1. The smallest absolute Gasteiger partial charge is 0.0468 e. The second-order valence-corrected chi connectivity index (χ2v) is 13.6. The second kappa shape index (κ2) is 15.9. The summed E-state index contributed by atoms with van der Waals surface area (Å²) in [5.41, 5.74) is 18.0. The highest BCUT2D eigenvalue weighted by Gasteiger charge is 2.18. The molecular weight excluding hydrogens is 651 g/mol. The van der Waals surface area contributed by atoms with Gasteiger partial charge in [-0.1, -0.05) is 177 Å². The van der Waals surface area contributed by atoms with Gasteiger partial charge in [0.1, 0.15) is 0 Å². The molecule has 0 bridgehead atoms. The van der Waals surface area contributed by atoms with Crippen molar-refractivity contribution in [1.29, 1.82) is 0 Å². The minimum absolute atomic E-state index is 0.993. The standard InChI is InChI=1S/C53H43N/c1-3-16-50-39(4-2)23-15-26-51(50)45-24-14-25-46(37-45)52-36-35-49(38-53(52)44-21-12-7-13-22-44)54(47-31-27-42(28-32-47)40-17-8-5-9-18-40)48-33-29-43(30-34-48)41-19-10-6-11-20-41/h3,5-38H,4H2,1-2H3/b16-3-. The summed E-state index contributed by atoms with van der Waals surface area (Å²) in [5, 5.41) is 0. The summed E-state index contributed by atoms with van der Waals surface area (Å²) in [6, 6.07) is 72.4. The number of aryl methyl sites for hydroxylation is 1. The van der Waals surface area contributed by atoms with Crippen molar-refractivity contribution >= 4 is 23.1 Å². The van der Waals surface area contributed by atoms with Crippen molar-refractivity contribution in [2.45, 2.75) is 20.3 Å². The molecule has 0 unspecified atom stereocenters. The Bertz CT molecular complexity index is 2410. The Kier molecular flexibility index (Phi) is 10.1. The zero-order valence-corrected chi connectivity index (χ0v) is 30.9. The largest absolute Gasteiger partial charge is 0.310 e. The molecule has 0 aliphatic rings. The molecule has 0 aromatic heterocycles. The molecule has 0 N–H and O–H groups in total. The number of hydrogen-bond acceptors (Lipinski definition) is 1. The summed E-state index contributed by atoms with van der Waals surface area (Å²) in [7, 11) is 0. The Morgan fingerprint density at radius 3 is 1.37 bits per heavy atom. The fourth-order valence-electron chi connectivity index (χ4n) is 7.48. The van der Waals surface area contributed by atoms with Gasteiger partial charge in [0, 0.05) is 17.1 Å². The second-order valence-electron chi connectivity index (χ2n) is 13.6. The fraction of sp³-hybridized carbons (Fsp3) is 0.0566. The Hall–Kier alpha value is -6.70. The maximum Gasteiger partial charge on any atom is 0.0468 e. The van der Waals surface area contributed by atoms with Crippen LogP contribution in [0.4, 0.5) is 17.1 Å². The minimum atomic E-state index is 0.993. The third-order valence-corrected chi connectivity index (χ3v) is 10.2. The first-order valence-electron chi connectivity index (χ1n) is 18.9. The molecule has 1 nitrogen and oxygen atoms in total. The van der Waals surface area contributed by atoms with Crippen molar-refractivity contribution in [2.24, 2.45) is 0 Å². The Labute approximate surface area is 320 Å². The molecule has 0 radical (unpaired) electrons. The van der Waals surface area contributed by atoms with Crippen LogP contribution in [0.25, 0.3) is 61.7 Å².